The largest absolute Gasteiger partial charge is 0.491 e. The summed E-state index contributed by atoms with van der Waals surface area (Å²) in [6, 6.07) is 5.27. The molecule has 0 aliphatic carbocycles. The van der Waals surface area contributed by atoms with Gasteiger partial charge in [0, 0.05) is 11.6 Å². The zero-order valence-electron chi connectivity index (χ0n) is 11.1. The zero-order valence-corrected chi connectivity index (χ0v) is 13.5. The molecule has 0 spiro atoms. The second-order valence-corrected chi connectivity index (χ2v) is 6.00. The standard InChI is InChI=1S/C13H17BrClNO3/c1-13(2,12(17)18)16(3)6-7-19-11-5-4-9(15)8-10(11)14/h4-5,8H,6-7H2,1-3H3,(H,17,18). The van der Waals surface area contributed by atoms with Crippen molar-refractivity contribution in [2.75, 3.05) is 20.2 Å². The number of likely N-dealkylation sites (N-methyl/N-ethyl adjacent to an activating group) is 1. The van der Waals surface area contributed by atoms with Crippen LogP contribution in [0.1, 0.15) is 13.8 Å². The Balaban J connectivity index is 2.53. The number of aliphatic carboxylic acids is 1. The van der Waals surface area contributed by atoms with E-state index in [0.717, 1.165) is 4.47 Å². The first-order valence-electron chi connectivity index (χ1n) is 5.77. The summed E-state index contributed by atoms with van der Waals surface area (Å²) in [6.45, 7) is 4.23. The lowest BCUT2D eigenvalue weighted by molar-refractivity contribution is -0.148. The van der Waals surface area contributed by atoms with Crippen LogP contribution in [0.15, 0.2) is 22.7 Å². The molecule has 0 saturated carbocycles. The molecular formula is C13H17BrClNO3. The van der Waals surface area contributed by atoms with Gasteiger partial charge in [-0.1, -0.05) is 11.6 Å². The maximum absolute atomic E-state index is 11.1. The Morgan fingerprint density at radius 2 is 2.16 bits per heavy atom. The summed E-state index contributed by atoms with van der Waals surface area (Å²) in [4.78, 5) is 12.8. The summed E-state index contributed by atoms with van der Waals surface area (Å²) in [6.07, 6.45) is 0. The third kappa shape index (κ3) is 4.37. The molecule has 106 valence electrons. The number of halogens is 2. The maximum atomic E-state index is 11.1. The smallest absolute Gasteiger partial charge is 0.323 e. The monoisotopic (exact) mass is 349 g/mol. The molecule has 1 aromatic rings. The van der Waals surface area contributed by atoms with E-state index in [2.05, 4.69) is 15.9 Å². The summed E-state index contributed by atoms with van der Waals surface area (Å²) in [5.41, 5.74) is -0.916. The number of hydrogen-bond donors (Lipinski definition) is 1. The third-order valence-corrected chi connectivity index (χ3v) is 3.91. The molecule has 0 heterocycles. The van der Waals surface area contributed by atoms with E-state index in [1.54, 1.807) is 44.0 Å². The van der Waals surface area contributed by atoms with Crippen molar-refractivity contribution in [1.29, 1.82) is 0 Å². The number of ether oxygens (including phenoxy) is 1. The van der Waals surface area contributed by atoms with Crippen molar-refractivity contribution >= 4 is 33.5 Å². The zero-order chi connectivity index (χ0) is 14.6. The Morgan fingerprint density at radius 1 is 1.53 bits per heavy atom. The lowest BCUT2D eigenvalue weighted by Crippen LogP contribution is -2.49. The van der Waals surface area contributed by atoms with Crippen molar-refractivity contribution in [2.24, 2.45) is 0 Å². The van der Waals surface area contributed by atoms with Crippen molar-refractivity contribution in [1.82, 2.24) is 4.90 Å². The van der Waals surface area contributed by atoms with Crippen LogP contribution in [0.5, 0.6) is 5.75 Å². The van der Waals surface area contributed by atoms with E-state index in [0.29, 0.717) is 23.9 Å². The molecule has 1 aromatic carbocycles. The highest BCUT2D eigenvalue weighted by Gasteiger charge is 2.31. The van der Waals surface area contributed by atoms with Gasteiger partial charge < -0.3 is 9.84 Å². The average Bonchev–Trinajstić information content (AvgIpc) is 2.31. The van der Waals surface area contributed by atoms with Crippen molar-refractivity contribution in [2.45, 2.75) is 19.4 Å². The van der Waals surface area contributed by atoms with Gasteiger partial charge in [-0.2, -0.15) is 0 Å². The molecule has 1 N–H and O–H groups in total. The molecule has 6 heteroatoms. The number of carboxylic acids is 1. The number of carbonyl (C=O) groups is 1. The summed E-state index contributed by atoms with van der Waals surface area (Å²) >= 11 is 9.20. The van der Waals surface area contributed by atoms with Gasteiger partial charge in [-0.15, -0.1) is 0 Å². The van der Waals surface area contributed by atoms with E-state index >= 15 is 0 Å². The Bertz CT molecular complexity index is 465. The molecule has 0 unspecified atom stereocenters. The predicted molar refractivity (Wildman–Crippen MR) is 79.0 cm³/mol. The molecule has 0 radical (unpaired) electrons. The highest BCUT2D eigenvalue weighted by atomic mass is 79.9. The van der Waals surface area contributed by atoms with Crippen molar-refractivity contribution in [3.8, 4) is 5.75 Å². The van der Waals surface area contributed by atoms with Crippen LogP contribution in [0.3, 0.4) is 0 Å². The van der Waals surface area contributed by atoms with Gasteiger partial charge in [0.05, 0.1) is 4.47 Å². The Hall–Kier alpha value is -0.780. The van der Waals surface area contributed by atoms with Gasteiger partial charge in [0.25, 0.3) is 0 Å². The highest BCUT2D eigenvalue weighted by Crippen LogP contribution is 2.28. The van der Waals surface area contributed by atoms with E-state index in [1.807, 2.05) is 0 Å². The van der Waals surface area contributed by atoms with Gasteiger partial charge in [0.1, 0.15) is 17.9 Å². The van der Waals surface area contributed by atoms with E-state index in [-0.39, 0.29) is 0 Å². The van der Waals surface area contributed by atoms with Crippen LogP contribution in [0.4, 0.5) is 0 Å². The van der Waals surface area contributed by atoms with Crippen LogP contribution >= 0.6 is 27.5 Å². The predicted octanol–water partition coefficient (Wildman–Crippen LogP) is 3.28. The minimum atomic E-state index is -0.916. The fraction of sp³-hybridized carbons (Fsp3) is 0.462. The molecule has 0 amide bonds. The lowest BCUT2D eigenvalue weighted by Gasteiger charge is -2.31. The van der Waals surface area contributed by atoms with Crippen molar-refractivity contribution < 1.29 is 14.6 Å². The van der Waals surface area contributed by atoms with Crippen molar-refractivity contribution in [3.63, 3.8) is 0 Å². The highest BCUT2D eigenvalue weighted by molar-refractivity contribution is 9.10. The Labute approximate surface area is 126 Å². The second-order valence-electron chi connectivity index (χ2n) is 4.71. The summed E-state index contributed by atoms with van der Waals surface area (Å²) in [5, 5.41) is 9.73. The van der Waals surface area contributed by atoms with Gasteiger partial charge in [-0.25, -0.2) is 0 Å². The molecule has 0 fully saturated rings. The minimum Gasteiger partial charge on any atom is -0.491 e. The molecule has 19 heavy (non-hydrogen) atoms. The molecule has 1 rings (SSSR count). The first-order chi connectivity index (χ1) is 8.75. The molecule has 4 nitrogen and oxygen atoms in total. The van der Waals surface area contributed by atoms with E-state index in [9.17, 15) is 4.79 Å². The first kappa shape index (κ1) is 16.3. The Kier molecular flexibility index (Phi) is 5.64. The van der Waals surface area contributed by atoms with Crippen LogP contribution in [0.2, 0.25) is 5.02 Å². The molecule has 0 aliphatic heterocycles. The SMILES string of the molecule is CN(CCOc1ccc(Cl)cc1Br)C(C)(C)C(=O)O. The fourth-order valence-corrected chi connectivity index (χ4v) is 2.12. The number of rotatable bonds is 6. The number of hydrogen-bond acceptors (Lipinski definition) is 3. The van der Waals surface area contributed by atoms with Crippen LogP contribution in [0.25, 0.3) is 0 Å². The maximum Gasteiger partial charge on any atom is 0.323 e. The molecule has 0 atom stereocenters. The minimum absolute atomic E-state index is 0.396. The average molecular weight is 351 g/mol. The molecule has 0 saturated heterocycles. The number of carboxylic acid groups (broad SMARTS) is 1. The molecule has 0 aliphatic rings. The number of benzene rings is 1. The van der Waals surface area contributed by atoms with Gasteiger partial charge in [-0.05, 0) is 55.0 Å². The van der Waals surface area contributed by atoms with E-state index < -0.39 is 11.5 Å². The summed E-state index contributed by atoms with van der Waals surface area (Å²) < 4.78 is 6.38. The van der Waals surface area contributed by atoms with Crippen molar-refractivity contribution in [3.05, 3.63) is 27.7 Å². The van der Waals surface area contributed by atoms with Gasteiger partial charge >= 0.3 is 5.97 Å². The second kappa shape index (κ2) is 6.59. The summed E-state index contributed by atoms with van der Waals surface area (Å²) in [5.74, 6) is -0.173. The van der Waals surface area contributed by atoms with Gasteiger partial charge in [0.2, 0.25) is 0 Å². The molecule has 0 bridgehead atoms. The van der Waals surface area contributed by atoms with Gasteiger partial charge in [-0.3, -0.25) is 9.69 Å². The summed E-state index contributed by atoms with van der Waals surface area (Å²) in [7, 11) is 1.76. The van der Waals surface area contributed by atoms with Crippen LogP contribution < -0.4 is 4.74 Å². The topological polar surface area (TPSA) is 49.8 Å². The third-order valence-electron chi connectivity index (χ3n) is 3.06. The fourth-order valence-electron chi connectivity index (χ4n) is 1.33. The van der Waals surface area contributed by atoms with E-state index in [4.69, 9.17) is 21.4 Å². The van der Waals surface area contributed by atoms with Crippen LogP contribution in [-0.4, -0.2) is 41.7 Å². The lowest BCUT2D eigenvalue weighted by atomic mass is 10.0. The Morgan fingerprint density at radius 3 is 2.68 bits per heavy atom. The molecular weight excluding hydrogens is 334 g/mol. The van der Waals surface area contributed by atoms with Crippen LogP contribution in [-0.2, 0) is 4.79 Å². The quantitative estimate of drug-likeness (QED) is 0.855. The normalized spacial score (nSPS) is 11.7. The molecule has 0 aromatic heterocycles. The first-order valence-corrected chi connectivity index (χ1v) is 6.94. The van der Waals surface area contributed by atoms with Gasteiger partial charge in [0.15, 0.2) is 0 Å². The number of nitrogens with zero attached hydrogens (tertiary/aromatic N) is 1. The van der Waals surface area contributed by atoms with Crippen LogP contribution in [0, 0.1) is 0 Å². The van der Waals surface area contributed by atoms with E-state index in [1.165, 1.54) is 0 Å².